The summed E-state index contributed by atoms with van der Waals surface area (Å²) in [4.78, 5) is 30.5. The van der Waals surface area contributed by atoms with E-state index in [9.17, 15) is 4.79 Å². The molecular formula is C23H22IN3O4. The summed E-state index contributed by atoms with van der Waals surface area (Å²) in [6, 6.07) is 13.5. The summed E-state index contributed by atoms with van der Waals surface area (Å²) in [6.07, 6.45) is 5.87. The molecule has 0 saturated carbocycles. The number of fused-ring (bicyclic) bond motifs is 1. The van der Waals surface area contributed by atoms with E-state index in [4.69, 9.17) is 9.30 Å². The van der Waals surface area contributed by atoms with Crippen molar-refractivity contribution in [2.24, 2.45) is 0 Å². The first-order valence-corrected chi connectivity index (χ1v) is 10.6. The minimum atomic E-state index is -0.484. The van der Waals surface area contributed by atoms with Crippen molar-refractivity contribution < 1.29 is 14.2 Å². The summed E-state index contributed by atoms with van der Waals surface area (Å²) in [5, 5.41) is 0. The van der Waals surface area contributed by atoms with Gasteiger partial charge in [-0.2, -0.15) is 4.89 Å². The van der Waals surface area contributed by atoms with Crippen molar-refractivity contribution in [1.29, 1.82) is 0 Å². The lowest BCUT2D eigenvalue weighted by Gasteiger charge is -2.18. The lowest BCUT2D eigenvalue weighted by atomic mass is 10.2. The van der Waals surface area contributed by atoms with E-state index in [1.807, 2.05) is 96.0 Å². The predicted octanol–water partition coefficient (Wildman–Crippen LogP) is 4.16. The predicted molar refractivity (Wildman–Crippen MR) is 132 cm³/mol. The van der Waals surface area contributed by atoms with Gasteiger partial charge in [0, 0.05) is 71.6 Å². The van der Waals surface area contributed by atoms with Gasteiger partial charge in [0.1, 0.15) is 17.8 Å². The quantitative estimate of drug-likeness (QED) is 0.142. The molecule has 1 heterocycles. The summed E-state index contributed by atoms with van der Waals surface area (Å²) in [5.74, 6) is 0. The number of aromatic nitrogens is 1. The smallest absolute Gasteiger partial charge is 0.362 e. The van der Waals surface area contributed by atoms with Gasteiger partial charge in [0.25, 0.3) is 0 Å². The molecule has 31 heavy (non-hydrogen) atoms. The summed E-state index contributed by atoms with van der Waals surface area (Å²) in [6.45, 7) is 0.904. The van der Waals surface area contributed by atoms with Crippen molar-refractivity contribution in [3.8, 4) is 10.0 Å². The zero-order valence-corrected chi connectivity index (χ0v) is 19.6. The first kappa shape index (κ1) is 22.7. The molecule has 3 rings (SSSR count). The topological polar surface area (TPSA) is 68.0 Å². The molecule has 0 aliphatic heterocycles. The standard InChI is InChI=1S/C23H22IN3O4/c1-26(2)18-7-4-17(5-8-18)6-10-21-23(28)31-22-16-19(9-11-20(22)25-21)27(3)13-15-30-29-14-12-24/h4-11,16H,13,15H2,1-3H3. The van der Waals surface area contributed by atoms with Crippen LogP contribution in [0.2, 0.25) is 0 Å². The Kier molecular flexibility index (Phi) is 7.92. The molecule has 7 nitrogen and oxygen atoms in total. The average molecular weight is 531 g/mol. The first-order chi connectivity index (χ1) is 15.0. The van der Waals surface area contributed by atoms with Gasteiger partial charge in [-0.3, -0.25) is 4.89 Å². The van der Waals surface area contributed by atoms with E-state index in [0.717, 1.165) is 16.9 Å². The molecule has 2 aromatic carbocycles. The second-order valence-electron chi connectivity index (χ2n) is 6.88. The van der Waals surface area contributed by atoms with Crippen LogP contribution in [-0.4, -0.2) is 39.3 Å². The monoisotopic (exact) mass is 531 g/mol. The highest BCUT2D eigenvalue weighted by molar-refractivity contribution is 14.1. The molecule has 0 saturated heterocycles. The molecule has 0 unspecified atom stereocenters. The fraction of sp³-hybridized carbons (Fsp3) is 0.217. The third kappa shape index (κ3) is 6.23. The number of halogens is 1. The highest BCUT2D eigenvalue weighted by Gasteiger charge is 2.08. The van der Waals surface area contributed by atoms with Gasteiger partial charge in [0.05, 0.1) is 0 Å². The van der Waals surface area contributed by atoms with Crippen LogP contribution in [0.5, 0.6) is 0 Å². The molecule has 0 atom stereocenters. The van der Waals surface area contributed by atoms with Gasteiger partial charge in [-0.1, -0.05) is 18.2 Å². The largest absolute Gasteiger partial charge is 0.419 e. The number of anilines is 2. The van der Waals surface area contributed by atoms with Crippen LogP contribution in [0.1, 0.15) is 11.3 Å². The minimum absolute atomic E-state index is 0.257. The van der Waals surface area contributed by atoms with Crippen molar-refractivity contribution in [3.05, 3.63) is 64.1 Å². The SMILES string of the molecule is CN(C)c1ccc(C=Cc2nc3ccc(N(C)CCOOC#CI)cc3oc2=O)cc1. The normalized spacial score (nSPS) is 10.7. The van der Waals surface area contributed by atoms with E-state index >= 15 is 0 Å². The summed E-state index contributed by atoms with van der Waals surface area (Å²) in [7, 11) is 5.88. The third-order valence-electron chi connectivity index (χ3n) is 4.53. The van der Waals surface area contributed by atoms with Crippen LogP contribution < -0.4 is 15.4 Å². The maximum atomic E-state index is 12.4. The molecule has 0 aliphatic rings. The van der Waals surface area contributed by atoms with Gasteiger partial charge in [0.2, 0.25) is 0 Å². The van der Waals surface area contributed by atoms with Gasteiger partial charge < -0.3 is 14.2 Å². The Bertz CT molecular complexity index is 1180. The van der Waals surface area contributed by atoms with Crippen molar-refractivity contribution in [1.82, 2.24) is 4.98 Å². The number of likely N-dealkylation sites (N-methyl/N-ethyl adjacent to an activating group) is 1. The van der Waals surface area contributed by atoms with Crippen molar-refractivity contribution in [3.63, 3.8) is 0 Å². The van der Waals surface area contributed by atoms with Crippen molar-refractivity contribution in [2.45, 2.75) is 0 Å². The van der Waals surface area contributed by atoms with Gasteiger partial charge in [-0.05, 0) is 35.9 Å². The molecule has 1 aromatic heterocycles. The number of rotatable bonds is 8. The maximum Gasteiger partial charge on any atom is 0.362 e. The number of hydrogen-bond donors (Lipinski definition) is 0. The van der Waals surface area contributed by atoms with Crippen molar-refractivity contribution >= 4 is 57.2 Å². The minimum Gasteiger partial charge on any atom is -0.419 e. The van der Waals surface area contributed by atoms with Crippen LogP contribution >= 0.6 is 22.6 Å². The zero-order chi connectivity index (χ0) is 22.2. The van der Waals surface area contributed by atoms with E-state index in [1.54, 1.807) is 12.1 Å². The van der Waals surface area contributed by atoms with E-state index < -0.39 is 5.63 Å². The number of nitrogens with zero attached hydrogens (tertiary/aromatic N) is 3. The van der Waals surface area contributed by atoms with Crippen LogP contribution in [-0.2, 0) is 9.78 Å². The summed E-state index contributed by atoms with van der Waals surface area (Å²) >= 11 is 1.86. The Morgan fingerprint density at radius 3 is 2.55 bits per heavy atom. The van der Waals surface area contributed by atoms with E-state index in [1.165, 1.54) is 0 Å². The zero-order valence-electron chi connectivity index (χ0n) is 17.5. The molecule has 0 bridgehead atoms. The fourth-order valence-corrected chi connectivity index (χ4v) is 2.89. The molecule has 0 amide bonds. The molecule has 3 aromatic rings. The van der Waals surface area contributed by atoms with Gasteiger partial charge in [-0.25, -0.2) is 9.78 Å². The molecule has 0 radical (unpaired) electrons. The Labute approximate surface area is 194 Å². The second-order valence-corrected chi connectivity index (χ2v) is 7.42. The third-order valence-corrected chi connectivity index (χ3v) is 4.75. The first-order valence-electron chi connectivity index (χ1n) is 9.48. The van der Waals surface area contributed by atoms with E-state index in [2.05, 4.69) is 19.9 Å². The second kappa shape index (κ2) is 10.8. The Balaban J connectivity index is 1.73. The van der Waals surface area contributed by atoms with Gasteiger partial charge in [-0.15, -0.1) is 0 Å². The number of benzene rings is 2. The molecule has 0 aliphatic carbocycles. The van der Waals surface area contributed by atoms with Crippen LogP contribution in [0.4, 0.5) is 11.4 Å². The highest BCUT2D eigenvalue weighted by atomic mass is 127. The van der Waals surface area contributed by atoms with Crippen LogP contribution in [0.25, 0.3) is 23.3 Å². The number of hydrogen-bond acceptors (Lipinski definition) is 7. The Morgan fingerprint density at radius 1 is 1.10 bits per heavy atom. The Hall–Kier alpha value is -3.03. The van der Waals surface area contributed by atoms with Crippen molar-refractivity contribution in [2.75, 3.05) is 44.1 Å². The average Bonchev–Trinajstić information content (AvgIpc) is 2.77. The molecule has 160 valence electrons. The summed E-state index contributed by atoms with van der Waals surface area (Å²) in [5.41, 5.74) is 3.75. The van der Waals surface area contributed by atoms with Crippen LogP contribution in [0.3, 0.4) is 0 Å². The Morgan fingerprint density at radius 2 is 1.84 bits per heavy atom. The van der Waals surface area contributed by atoms with Crippen LogP contribution in [0, 0.1) is 10.0 Å². The molecule has 8 heteroatoms. The van der Waals surface area contributed by atoms with E-state index in [-0.39, 0.29) is 5.69 Å². The van der Waals surface area contributed by atoms with Crippen LogP contribution in [0.15, 0.2) is 51.7 Å². The van der Waals surface area contributed by atoms with Gasteiger partial charge >= 0.3 is 5.63 Å². The fourth-order valence-electron chi connectivity index (χ4n) is 2.80. The molecule has 0 fully saturated rings. The maximum absolute atomic E-state index is 12.4. The molecule has 0 spiro atoms. The highest BCUT2D eigenvalue weighted by Crippen LogP contribution is 2.20. The summed E-state index contributed by atoms with van der Waals surface area (Å²) < 4.78 is 8.05. The molecular weight excluding hydrogens is 509 g/mol. The lowest BCUT2D eigenvalue weighted by molar-refractivity contribution is -0.233. The lowest BCUT2D eigenvalue weighted by Crippen LogP contribution is -2.22. The van der Waals surface area contributed by atoms with Gasteiger partial charge in [0.15, 0.2) is 11.7 Å². The van der Waals surface area contributed by atoms with E-state index in [0.29, 0.717) is 24.3 Å². The molecule has 0 N–H and O–H groups in total.